The van der Waals surface area contributed by atoms with E-state index in [4.69, 9.17) is 5.73 Å². The number of anilines is 3. The van der Waals surface area contributed by atoms with Crippen LogP contribution in [-0.2, 0) is 6.54 Å². The summed E-state index contributed by atoms with van der Waals surface area (Å²) in [5, 5.41) is 12.6. The van der Waals surface area contributed by atoms with Gasteiger partial charge in [0.05, 0.1) is 16.9 Å². The van der Waals surface area contributed by atoms with Crippen LogP contribution < -0.4 is 21.9 Å². The summed E-state index contributed by atoms with van der Waals surface area (Å²) in [6.45, 7) is 0.487. The molecule has 0 aliphatic carbocycles. The lowest BCUT2D eigenvalue weighted by molar-refractivity contribution is 0.102. The van der Waals surface area contributed by atoms with Crippen molar-refractivity contribution in [2.75, 3.05) is 16.4 Å². The first-order chi connectivity index (χ1) is 15.1. The molecule has 0 saturated heterocycles. The van der Waals surface area contributed by atoms with Gasteiger partial charge in [0.15, 0.2) is 0 Å². The van der Waals surface area contributed by atoms with Gasteiger partial charge in [0.1, 0.15) is 5.82 Å². The van der Waals surface area contributed by atoms with Gasteiger partial charge < -0.3 is 16.4 Å². The fourth-order valence-corrected chi connectivity index (χ4v) is 3.10. The molecule has 5 N–H and O–H groups in total. The number of hydrogen-bond donors (Lipinski definition) is 4. The molecule has 4 rings (SSSR count). The van der Waals surface area contributed by atoms with Gasteiger partial charge in [0.2, 0.25) is 0 Å². The normalized spacial score (nSPS) is 10.5. The number of para-hydroxylation sites is 2. The van der Waals surface area contributed by atoms with Crippen molar-refractivity contribution in [3.8, 4) is 11.1 Å². The van der Waals surface area contributed by atoms with Crippen molar-refractivity contribution >= 4 is 23.1 Å². The van der Waals surface area contributed by atoms with Gasteiger partial charge in [-0.3, -0.25) is 9.59 Å². The van der Waals surface area contributed by atoms with Crippen LogP contribution in [0.2, 0.25) is 0 Å². The Labute approximate surface area is 179 Å². The highest BCUT2D eigenvalue weighted by atomic mass is 16.1. The Bertz CT molecular complexity index is 1250. The van der Waals surface area contributed by atoms with Crippen LogP contribution >= 0.6 is 0 Å². The Balaban J connectivity index is 1.41. The second-order valence-electron chi connectivity index (χ2n) is 6.95. The summed E-state index contributed by atoms with van der Waals surface area (Å²) in [6, 6.07) is 25.5. The fourth-order valence-electron chi connectivity index (χ4n) is 3.10. The zero-order valence-corrected chi connectivity index (χ0v) is 16.6. The number of nitrogen functional groups attached to an aromatic ring is 1. The highest BCUT2D eigenvalue weighted by Crippen LogP contribution is 2.19. The molecule has 0 bridgehead atoms. The molecule has 0 saturated carbocycles. The molecule has 0 fully saturated rings. The third-order valence-corrected chi connectivity index (χ3v) is 4.79. The average molecular weight is 411 g/mol. The molecule has 31 heavy (non-hydrogen) atoms. The van der Waals surface area contributed by atoms with Gasteiger partial charge in [-0.05, 0) is 41.5 Å². The number of carbonyl (C=O) groups excluding carboxylic acids is 1. The zero-order chi connectivity index (χ0) is 21.6. The molecule has 1 heterocycles. The summed E-state index contributed by atoms with van der Waals surface area (Å²) in [5.41, 5.74) is 9.58. The zero-order valence-electron chi connectivity index (χ0n) is 16.6. The number of nitrogens with two attached hydrogens (primary N) is 1. The number of hydrogen-bond acceptors (Lipinski definition) is 5. The van der Waals surface area contributed by atoms with E-state index in [9.17, 15) is 9.59 Å². The van der Waals surface area contributed by atoms with Crippen LogP contribution in [-0.4, -0.2) is 16.1 Å². The molecule has 0 aliphatic heterocycles. The molecule has 0 unspecified atom stereocenters. The van der Waals surface area contributed by atoms with Crippen LogP contribution in [0, 0.1) is 0 Å². The van der Waals surface area contributed by atoms with Crippen molar-refractivity contribution in [3.63, 3.8) is 0 Å². The van der Waals surface area contributed by atoms with Gasteiger partial charge in [-0.25, -0.2) is 5.10 Å². The van der Waals surface area contributed by atoms with E-state index >= 15 is 0 Å². The number of carbonyl (C=O) groups is 1. The fraction of sp³-hybridized carbons (Fsp3) is 0.0417. The van der Waals surface area contributed by atoms with E-state index in [1.807, 2.05) is 54.6 Å². The van der Waals surface area contributed by atoms with Crippen molar-refractivity contribution in [3.05, 3.63) is 106 Å². The van der Waals surface area contributed by atoms with Crippen LogP contribution in [0.3, 0.4) is 0 Å². The number of H-pyrrole nitrogens is 1. The molecule has 7 nitrogen and oxygen atoms in total. The molecule has 0 spiro atoms. The molecular formula is C24H21N5O2. The second kappa shape index (κ2) is 8.96. The van der Waals surface area contributed by atoms with E-state index < -0.39 is 0 Å². The van der Waals surface area contributed by atoms with Gasteiger partial charge in [0.25, 0.3) is 11.5 Å². The van der Waals surface area contributed by atoms with Crippen molar-refractivity contribution in [2.45, 2.75) is 6.54 Å². The smallest absolute Gasteiger partial charge is 0.272 e. The van der Waals surface area contributed by atoms with E-state index in [1.165, 1.54) is 0 Å². The van der Waals surface area contributed by atoms with E-state index in [2.05, 4.69) is 20.8 Å². The molecule has 7 heteroatoms. The molecule has 1 aromatic heterocycles. The topological polar surface area (TPSA) is 113 Å². The lowest BCUT2D eigenvalue weighted by Gasteiger charge is -2.09. The first-order valence-electron chi connectivity index (χ1n) is 9.74. The predicted molar refractivity (Wildman–Crippen MR) is 123 cm³/mol. The van der Waals surface area contributed by atoms with Gasteiger partial charge in [-0.1, -0.05) is 54.6 Å². The SMILES string of the molecule is Nc1ccccc1NC(=O)c1ccc(CNc2cc(-c3ccccc3)c(=O)[nH]n2)cc1. The minimum Gasteiger partial charge on any atom is -0.397 e. The number of aromatic amines is 1. The lowest BCUT2D eigenvalue weighted by Crippen LogP contribution is -2.14. The highest BCUT2D eigenvalue weighted by molar-refractivity contribution is 6.05. The molecule has 0 atom stereocenters. The lowest BCUT2D eigenvalue weighted by atomic mass is 10.1. The maximum Gasteiger partial charge on any atom is 0.272 e. The Morgan fingerprint density at radius 2 is 1.65 bits per heavy atom. The van der Waals surface area contributed by atoms with Crippen LogP contribution in [0.15, 0.2) is 89.7 Å². The summed E-state index contributed by atoms with van der Waals surface area (Å²) in [5.74, 6) is 0.326. The van der Waals surface area contributed by atoms with Crippen LogP contribution in [0.1, 0.15) is 15.9 Å². The Morgan fingerprint density at radius 3 is 2.39 bits per heavy atom. The van der Waals surface area contributed by atoms with E-state index in [1.54, 1.807) is 30.3 Å². The Morgan fingerprint density at radius 1 is 0.935 bits per heavy atom. The number of amides is 1. The molecule has 4 aromatic rings. The third kappa shape index (κ3) is 4.79. The molecule has 0 aliphatic rings. The summed E-state index contributed by atoms with van der Waals surface area (Å²) in [7, 11) is 0. The van der Waals surface area contributed by atoms with Gasteiger partial charge in [0, 0.05) is 12.1 Å². The first kappa shape index (κ1) is 19.9. The quantitative estimate of drug-likeness (QED) is 0.360. The van der Waals surface area contributed by atoms with Crippen LogP contribution in [0.5, 0.6) is 0 Å². The van der Waals surface area contributed by atoms with Gasteiger partial charge in [-0.15, -0.1) is 0 Å². The third-order valence-electron chi connectivity index (χ3n) is 4.79. The van der Waals surface area contributed by atoms with Gasteiger partial charge >= 0.3 is 0 Å². The minimum atomic E-state index is -0.244. The van der Waals surface area contributed by atoms with Crippen molar-refractivity contribution in [1.82, 2.24) is 10.2 Å². The summed E-state index contributed by atoms with van der Waals surface area (Å²) in [6.07, 6.45) is 0. The van der Waals surface area contributed by atoms with Crippen LogP contribution in [0.4, 0.5) is 17.2 Å². The molecule has 154 valence electrons. The molecule has 0 radical (unpaired) electrons. The number of aromatic nitrogens is 2. The summed E-state index contributed by atoms with van der Waals surface area (Å²) >= 11 is 0. The molecular weight excluding hydrogens is 390 g/mol. The number of nitrogens with zero attached hydrogens (tertiary/aromatic N) is 1. The van der Waals surface area contributed by atoms with E-state index in [-0.39, 0.29) is 11.5 Å². The minimum absolute atomic E-state index is 0.229. The molecule has 1 amide bonds. The van der Waals surface area contributed by atoms with Crippen molar-refractivity contribution in [1.29, 1.82) is 0 Å². The van der Waals surface area contributed by atoms with Crippen molar-refractivity contribution in [2.24, 2.45) is 0 Å². The number of rotatable bonds is 6. The number of nitrogens with one attached hydrogen (secondary N) is 3. The Hall–Kier alpha value is -4.39. The maximum atomic E-state index is 12.4. The first-order valence-corrected chi connectivity index (χ1v) is 9.74. The highest BCUT2D eigenvalue weighted by Gasteiger charge is 2.09. The second-order valence-corrected chi connectivity index (χ2v) is 6.95. The summed E-state index contributed by atoms with van der Waals surface area (Å²) in [4.78, 5) is 24.5. The van der Waals surface area contributed by atoms with E-state index in [0.717, 1.165) is 11.1 Å². The van der Waals surface area contributed by atoms with E-state index in [0.29, 0.717) is 34.9 Å². The van der Waals surface area contributed by atoms with Crippen molar-refractivity contribution < 1.29 is 4.79 Å². The molecule has 3 aromatic carbocycles. The standard InChI is InChI=1S/C24H21N5O2/c25-20-8-4-5-9-21(20)27-23(30)18-12-10-16(11-13-18)15-26-22-14-19(24(31)29-28-22)17-6-2-1-3-7-17/h1-14H,15,25H2,(H,26,28)(H,27,30)(H,29,31). The Kier molecular flexibility index (Phi) is 5.75. The average Bonchev–Trinajstić information content (AvgIpc) is 2.81. The monoisotopic (exact) mass is 411 g/mol. The van der Waals surface area contributed by atoms with Crippen LogP contribution in [0.25, 0.3) is 11.1 Å². The van der Waals surface area contributed by atoms with Gasteiger partial charge in [-0.2, -0.15) is 5.10 Å². The summed E-state index contributed by atoms with van der Waals surface area (Å²) < 4.78 is 0. The predicted octanol–water partition coefficient (Wildman–Crippen LogP) is 3.88. The maximum absolute atomic E-state index is 12.4. The largest absolute Gasteiger partial charge is 0.397 e. The number of benzene rings is 3.